The van der Waals surface area contributed by atoms with Crippen LogP contribution in [0.25, 0.3) is 11.0 Å². The van der Waals surface area contributed by atoms with E-state index in [0.717, 1.165) is 0 Å². The van der Waals surface area contributed by atoms with Crippen molar-refractivity contribution in [3.63, 3.8) is 0 Å². The van der Waals surface area contributed by atoms with Crippen LogP contribution in [0.2, 0.25) is 0 Å². The number of benzene rings is 1. The number of rotatable bonds is 2. The second kappa shape index (κ2) is 3.20. The number of hydrogen-bond acceptors (Lipinski definition) is 4. The minimum Gasteiger partial charge on any atom is -0.506 e. The Hall–Kier alpha value is -2.17. The van der Waals surface area contributed by atoms with Gasteiger partial charge in [-0.25, -0.2) is 0 Å². The zero-order chi connectivity index (χ0) is 11.0. The van der Waals surface area contributed by atoms with E-state index in [4.69, 9.17) is 14.9 Å². The van der Waals surface area contributed by atoms with Gasteiger partial charge in [0.25, 0.3) is 5.91 Å². The summed E-state index contributed by atoms with van der Waals surface area (Å²) in [6, 6.07) is 2.89. The number of furan rings is 1. The normalized spacial score (nSPS) is 10.5. The van der Waals surface area contributed by atoms with Crippen molar-refractivity contribution < 1.29 is 19.1 Å². The molecule has 0 aliphatic rings. The Morgan fingerprint density at radius 1 is 1.60 bits per heavy atom. The molecule has 2 rings (SSSR count). The number of phenols is 1. The highest BCUT2D eigenvalue weighted by Gasteiger charge is 2.17. The van der Waals surface area contributed by atoms with Crippen LogP contribution in [0.1, 0.15) is 10.4 Å². The molecule has 0 atom stereocenters. The van der Waals surface area contributed by atoms with Crippen molar-refractivity contribution in [3.8, 4) is 11.5 Å². The van der Waals surface area contributed by atoms with Crippen LogP contribution < -0.4 is 10.5 Å². The Morgan fingerprint density at radius 2 is 2.33 bits per heavy atom. The van der Waals surface area contributed by atoms with Gasteiger partial charge in [-0.15, -0.1) is 0 Å². The van der Waals surface area contributed by atoms with Gasteiger partial charge in [0, 0.05) is 6.07 Å². The molecule has 78 valence electrons. The van der Waals surface area contributed by atoms with Crippen LogP contribution in [0.15, 0.2) is 22.8 Å². The Bertz CT molecular complexity index is 529. The summed E-state index contributed by atoms with van der Waals surface area (Å²) in [7, 11) is 1.44. The van der Waals surface area contributed by atoms with Gasteiger partial charge in [0.05, 0.1) is 24.3 Å². The number of amides is 1. The molecule has 2 aromatic rings. The van der Waals surface area contributed by atoms with Crippen molar-refractivity contribution in [2.45, 2.75) is 0 Å². The molecule has 1 amide bonds. The van der Waals surface area contributed by atoms with E-state index in [9.17, 15) is 9.90 Å². The van der Waals surface area contributed by atoms with Crippen LogP contribution in [-0.4, -0.2) is 18.1 Å². The number of ether oxygens (including phenoxy) is 1. The van der Waals surface area contributed by atoms with Crippen LogP contribution in [0.5, 0.6) is 11.5 Å². The van der Waals surface area contributed by atoms with Gasteiger partial charge in [-0.2, -0.15) is 0 Å². The molecule has 0 bridgehead atoms. The van der Waals surface area contributed by atoms with Crippen LogP contribution in [-0.2, 0) is 0 Å². The van der Waals surface area contributed by atoms with Gasteiger partial charge >= 0.3 is 0 Å². The van der Waals surface area contributed by atoms with Crippen LogP contribution in [0.4, 0.5) is 0 Å². The van der Waals surface area contributed by atoms with E-state index in [1.54, 1.807) is 6.07 Å². The SMILES string of the molecule is COc1cc(C(N)=O)c(O)c2ccoc12. The van der Waals surface area contributed by atoms with Gasteiger partial charge in [-0.3, -0.25) is 4.79 Å². The first kappa shape index (κ1) is 9.39. The Labute approximate surface area is 85.0 Å². The minimum atomic E-state index is -0.714. The molecule has 0 spiro atoms. The highest BCUT2D eigenvalue weighted by atomic mass is 16.5. The first-order valence-electron chi connectivity index (χ1n) is 4.22. The lowest BCUT2D eigenvalue weighted by molar-refractivity contribution is 0.0997. The van der Waals surface area contributed by atoms with E-state index in [0.29, 0.717) is 16.7 Å². The molecule has 0 aliphatic heterocycles. The molecule has 1 aromatic heterocycles. The molecule has 5 nitrogen and oxygen atoms in total. The monoisotopic (exact) mass is 207 g/mol. The summed E-state index contributed by atoms with van der Waals surface area (Å²) in [6.07, 6.45) is 1.40. The van der Waals surface area contributed by atoms with Crippen molar-refractivity contribution in [3.05, 3.63) is 24.0 Å². The number of methoxy groups -OCH3 is 1. The van der Waals surface area contributed by atoms with Gasteiger partial charge < -0.3 is 20.0 Å². The van der Waals surface area contributed by atoms with E-state index in [1.807, 2.05) is 0 Å². The van der Waals surface area contributed by atoms with Crippen LogP contribution in [0, 0.1) is 0 Å². The number of primary amides is 1. The molecule has 0 radical (unpaired) electrons. The zero-order valence-corrected chi connectivity index (χ0v) is 7.98. The molecule has 0 aliphatic carbocycles. The number of aromatic hydroxyl groups is 1. The number of carbonyl (C=O) groups excluding carboxylic acids is 1. The Balaban J connectivity index is 2.84. The third-order valence-corrected chi connectivity index (χ3v) is 2.16. The number of fused-ring (bicyclic) bond motifs is 1. The fourth-order valence-electron chi connectivity index (χ4n) is 1.44. The summed E-state index contributed by atoms with van der Waals surface area (Å²) < 4.78 is 10.1. The van der Waals surface area contributed by atoms with Gasteiger partial charge in [0.15, 0.2) is 11.3 Å². The van der Waals surface area contributed by atoms with E-state index >= 15 is 0 Å². The molecule has 0 saturated heterocycles. The maximum Gasteiger partial charge on any atom is 0.252 e. The standard InChI is InChI=1S/C10H9NO4/c1-14-7-4-6(10(11)13)8(12)5-2-3-15-9(5)7/h2-4,12H,1H3,(H2,11,13). The van der Waals surface area contributed by atoms with Crippen molar-refractivity contribution >= 4 is 16.9 Å². The molecule has 3 N–H and O–H groups in total. The Kier molecular flexibility index (Phi) is 2.00. The lowest BCUT2D eigenvalue weighted by Gasteiger charge is -2.05. The summed E-state index contributed by atoms with van der Waals surface area (Å²) in [5.74, 6) is -0.539. The molecule has 5 heteroatoms. The number of hydrogen-bond donors (Lipinski definition) is 2. The van der Waals surface area contributed by atoms with Gasteiger partial charge in [0.1, 0.15) is 5.75 Å². The minimum absolute atomic E-state index is 0.0146. The van der Waals surface area contributed by atoms with Gasteiger partial charge in [0.2, 0.25) is 0 Å². The van der Waals surface area contributed by atoms with Crippen molar-refractivity contribution in [2.24, 2.45) is 5.73 Å². The van der Waals surface area contributed by atoms with E-state index in [1.165, 1.54) is 19.4 Å². The van der Waals surface area contributed by atoms with Crippen molar-refractivity contribution in [1.29, 1.82) is 0 Å². The van der Waals surface area contributed by atoms with E-state index in [-0.39, 0.29) is 11.3 Å². The highest BCUT2D eigenvalue weighted by molar-refractivity contribution is 6.03. The first-order valence-corrected chi connectivity index (χ1v) is 4.22. The molecular formula is C10H9NO4. The van der Waals surface area contributed by atoms with Gasteiger partial charge in [-0.1, -0.05) is 0 Å². The second-order valence-corrected chi connectivity index (χ2v) is 3.00. The summed E-state index contributed by atoms with van der Waals surface area (Å²) in [5, 5.41) is 10.1. The topological polar surface area (TPSA) is 85.7 Å². The van der Waals surface area contributed by atoms with E-state index in [2.05, 4.69) is 0 Å². The number of carbonyl (C=O) groups is 1. The lowest BCUT2D eigenvalue weighted by atomic mass is 10.1. The molecule has 1 heterocycles. The van der Waals surface area contributed by atoms with Crippen LogP contribution >= 0.6 is 0 Å². The molecule has 0 saturated carbocycles. The predicted molar refractivity (Wildman–Crippen MR) is 52.9 cm³/mol. The Morgan fingerprint density at radius 3 is 2.93 bits per heavy atom. The van der Waals surface area contributed by atoms with Crippen molar-refractivity contribution in [1.82, 2.24) is 0 Å². The average Bonchev–Trinajstić information content (AvgIpc) is 2.67. The van der Waals surface area contributed by atoms with Crippen LogP contribution in [0.3, 0.4) is 0 Å². The summed E-state index contributed by atoms with van der Waals surface area (Å²) in [4.78, 5) is 11.0. The molecule has 1 aromatic carbocycles. The summed E-state index contributed by atoms with van der Waals surface area (Å²) in [5.41, 5.74) is 5.52. The fourth-order valence-corrected chi connectivity index (χ4v) is 1.44. The van der Waals surface area contributed by atoms with Gasteiger partial charge in [-0.05, 0) is 6.07 Å². The zero-order valence-electron chi connectivity index (χ0n) is 7.98. The maximum atomic E-state index is 11.0. The summed E-state index contributed by atoms with van der Waals surface area (Å²) >= 11 is 0. The molecular weight excluding hydrogens is 198 g/mol. The predicted octanol–water partition coefficient (Wildman–Crippen LogP) is 1.25. The lowest BCUT2D eigenvalue weighted by Crippen LogP contribution is -2.11. The molecule has 0 unspecified atom stereocenters. The molecule has 15 heavy (non-hydrogen) atoms. The molecule has 0 fully saturated rings. The largest absolute Gasteiger partial charge is 0.506 e. The average molecular weight is 207 g/mol. The highest BCUT2D eigenvalue weighted by Crippen LogP contribution is 2.36. The maximum absolute atomic E-state index is 11.0. The van der Waals surface area contributed by atoms with Crippen molar-refractivity contribution in [2.75, 3.05) is 7.11 Å². The fraction of sp³-hybridized carbons (Fsp3) is 0.100. The smallest absolute Gasteiger partial charge is 0.252 e. The number of nitrogens with two attached hydrogens (primary N) is 1. The quantitative estimate of drug-likeness (QED) is 0.775. The first-order chi connectivity index (χ1) is 7.15. The second-order valence-electron chi connectivity index (χ2n) is 3.00. The summed E-state index contributed by atoms with van der Waals surface area (Å²) in [6.45, 7) is 0. The third kappa shape index (κ3) is 1.28. The third-order valence-electron chi connectivity index (χ3n) is 2.16. The van der Waals surface area contributed by atoms with E-state index < -0.39 is 5.91 Å².